The number of nitrogens with zero attached hydrogens (tertiary/aromatic N) is 3. The van der Waals surface area contributed by atoms with Crippen molar-refractivity contribution in [3.05, 3.63) is 66.2 Å². The summed E-state index contributed by atoms with van der Waals surface area (Å²) in [6.07, 6.45) is -2.67. The predicted molar refractivity (Wildman–Crippen MR) is 110 cm³/mol. The molecule has 0 N–H and O–H groups in total. The molecular formula is C21H20F3N3O2S. The highest BCUT2D eigenvalue weighted by atomic mass is 32.2. The number of aromatic nitrogens is 3. The van der Waals surface area contributed by atoms with Crippen LogP contribution in [0.1, 0.15) is 11.1 Å². The summed E-state index contributed by atoms with van der Waals surface area (Å²) in [6, 6.07) is 10.6. The van der Waals surface area contributed by atoms with Gasteiger partial charge in [0, 0.05) is 23.9 Å². The number of halogens is 3. The molecule has 0 radical (unpaired) electrons. The first-order chi connectivity index (χ1) is 14.4. The highest BCUT2D eigenvalue weighted by Crippen LogP contribution is 2.33. The molecule has 0 saturated heterocycles. The molecular weight excluding hydrogens is 415 g/mol. The van der Waals surface area contributed by atoms with E-state index in [4.69, 9.17) is 9.47 Å². The third-order valence-corrected chi connectivity index (χ3v) is 5.30. The molecule has 1 heterocycles. The van der Waals surface area contributed by atoms with E-state index < -0.39 is 11.7 Å². The van der Waals surface area contributed by atoms with Gasteiger partial charge in [-0.15, -0.1) is 16.8 Å². The third kappa shape index (κ3) is 4.96. The van der Waals surface area contributed by atoms with Gasteiger partial charge >= 0.3 is 6.18 Å². The molecule has 0 amide bonds. The minimum Gasteiger partial charge on any atom is -0.497 e. The minimum atomic E-state index is -4.37. The van der Waals surface area contributed by atoms with Crippen molar-refractivity contribution < 1.29 is 22.6 Å². The van der Waals surface area contributed by atoms with Gasteiger partial charge in [-0.25, -0.2) is 0 Å². The Morgan fingerprint density at radius 3 is 2.37 bits per heavy atom. The molecule has 158 valence electrons. The molecule has 0 spiro atoms. The van der Waals surface area contributed by atoms with Crippen LogP contribution in [0.15, 0.2) is 60.3 Å². The summed E-state index contributed by atoms with van der Waals surface area (Å²) >= 11 is 1.31. The van der Waals surface area contributed by atoms with E-state index in [0.29, 0.717) is 40.3 Å². The number of rotatable bonds is 8. The van der Waals surface area contributed by atoms with Crippen LogP contribution in [0.4, 0.5) is 13.2 Å². The lowest BCUT2D eigenvalue weighted by molar-refractivity contribution is -0.137. The number of ether oxygens (including phenoxy) is 2. The normalized spacial score (nSPS) is 11.4. The zero-order valence-corrected chi connectivity index (χ0v) is 17.3. The fourth-order valence-corrected chi connectivity index (χ4v) is 3.72. The van der Waals surface area contributed by atoms with Crippen LogP contribution in [0, 0.1) is 0 Å². The molecule has 0 aliphatic rings. The molecule has 9 heteroatoms. The summed E-state index contributed by atoms with van der Waals surface area (Å²) in [4.78, 5) is 0. The van der Waals surface area contributed by atoms with Gasteiger partial charge < -0.3 is 9.47 Å². The van der Waals surface area contributed by atoms with Crippen LogP contribution in [0.2, 0.25) is 0 Å². The number of methoxy groups -OCH3 is 2. The lowest BCUT2D eigenvalue weighted by Gasteiger charge is -2.11. The first-order valence-electron chi connectivity index (χ1n) is 8.92. The molecule has 0 bridgehead atoms. The van der Waals surface area contributed by atoms with Gasteiger partial charge in [0.1, 0.15) is 11.5 Å². The summed E-state index contributed by atoms with van der Waals surface area (Å²) in [5.41, 5.74) is 0.622. The van der Waals surface area contributed by atoms with Gasteiger partial charge in [0.15, 0.2) is 11.0 Å². The van der Waals surface area contributed by atoms with Crippen molar-refractivity contribution >= 4 is 11.8 Å². The van der Waals surface area contributed by atoms with Crippen molar-refractivity contribution in [2.24, 2.45) is 0 Å². The zero-order chi connectivity index (χ0) is 21.7. The Morgan fingerprint density at radius 2 is 1.77 bits per heavy atom. The Kier molecular flexibility index (Phi) is 6.71. The van der Waals surface area contributed by atoms with Gasteiger partial charge in [-0.05, 0) is 23.8 Å². The highest BCUT2D eigenvalue weighted by Gasteiger charge is 2.30. The van der Waals surface area contributed by atoms with Gasteiger partial charge in [-0.3, -0.25) is 4.57 Å². The molecule has 2 aromatic carbocycles. The fourth-order valence-electron chi connectivity index (χ4n) is 2.82. The predicted octanol–water partition coefficient (Wildman–Crippen LogP) is 5.46. The van der Waals surface area contributed by atoms with Crippen molar-refractivity contribution in [3.8, 4) is 22.9 Å². The summed E-state index contributed by atoms with van der Waals surface area (Å²) < 4.78 is 51.3. The summed E-state index contributed by atoms with van der Waals surface area (Å²) in [5, 5.41) is 9.08. The topological polar surface area (TPSA) is 49.2 Å². The van der Waals surface area contributed by atoms with E-state index in [2.05, 4.69) is 16.8 Å². The fraction of sp³-hybridized carbons (Fsp3) is 0.238. The largest absolute Gasteiger partial charge is 0.497 e. The van der Waals surface area contributed by atoms with Gasteiger partial charge in [-0.2, -0.15) is 13.2 Å². The van der Waals surface area contributed by atoms with Crippen LogP contribution in [-0.4, -0.2) is 29.0 Å². The van der Waals surface area contributed by atoms with E-state index in [1.54, 1.807) is 32.4 Å². The van der Waals surface area contributed by atoms with E-state index in [-0.39, 0.29) is 0 Å². The minimum absolute atomic E-state index is 0.320. The first kappa shape index (κ1) is 21.8. The van der Waals surface area contributed by atoms with Crippen molar-refractivity contribution in [1.29, 1.82) is 0 Å². The smallest absolute Gasteiger partial charge is 0.416 e. The van der Waals surface area contributed by atoms with Crippen LogP contribution in [0.25, 0.3) is 11.4 Å². The van der Waals surface area contributed by atoms with Crippen molar-refractivity contribution in [1.82, 2.24) is 14.8 Å². The zero-order valence-electron chi connectivity index (χ0n) is 16.4. The molecule has 30 heavy (non-hydrogen) atoms. The summed E-state index contributed by atoms with van der Waals surface area (Å²) in [6.45, 7) is 4.21. The SMILES string of the molecule is C=CCn1c(SCc2cccc(C(F)(F)F)c2)nnc1-c1cc(OC)cc(OC)c1. The maximum atomic E-state index is 12.9. The van der Waals surface area contributed by atoms with Crippen molar-refractivity contribution in [3.63, 3.8) is 0 Å². The van der Waals surface area contributed by atoms with E-state index in [1.165, 1.54) is 17.8 Å². The van der Waals surface area contributed by atoms with Gasteiger partial charge in [-0.1, -0.05) is 36.0 Å². The second-order valence-electron chi connectivity index (χ2n) is 6.29. The number of alkyl halides is 3. The van der Waals surface area contributed by atoms with Crippen LogP contribution in [-0.2, 0) is 18.5 Å². The first-order valence-corrected chi connectivity index (χ1v) is 9.90. The van der Waals surface area contributed by atoms with Crippen molar-refractivity contribution in [2.45, 2.75) is 23.6 Å². The Hall–Kier alpha value is -2.94. The monoisotopic (exact) mass is 435 g/mol. The van der Waals surface area contributed by atoms with E-state index in [1.807, 2.05) is 16.7 Å². The van der Waals surface area contributed by atoms with Crippen LogP contribution >= 0.6 is 11.8 Å². The highest BCUT2D eigenvalue weighted by molar-refractivity contribution is 7.98. The molecule has 0 aliphatic carbocycles. The molecule has 1 aromatic heterocycles. The second-order valence-corrected chi connectivity index (χ2v) is 7.24. The molecule has 0 aliphatic heterocycles. The number of allylic oxidation sites excluding steroid dienone is 1. The number of hydrogen-bond acceptors (Lipinski definition) is 5. The molecule has 0 unspecified atom stereocenters. The maximum Gasteiger partial charge on any atom is 0.416 e. The second kappa shape index (κ2) is 9.25. The van der Waals surface area contributed by atoms with E-state index in [0.717, 1.165) is 17.7 Å². The number of hydrogen-bond donors (Lipinski definition) is 0. The average Bonchev–Trinajstić information content (AvgIpc) is 3.14. The van der Waals surface area contributed by atoms with Crippen LogP contribution in [0.5, 0.6) is 11.5 Å². The lowest BCUT2D eigenvalue weighted by atomic mass is 10.1. The molecule has 3 rings (SSSR count). The molecule has 0 fully saturated rings. The Balaban J connectivity index is 1.89. The lowest BCUT2D eigenvalue weighted by Crippen LogP contribution is -2.05. The molecule has 5 nitrogen and oxygen atoms in total. The maximum absolute atomic E-state index is 12.9. The Bertz CT molecular complexity index is 1010. The summed E-state index contributed by atoms with van der Waals surface area (Å²) in [5.74, 6) is 2.12. The standard InChI is InChI=1S/C21H20F3N3O2S/c1-4-8-27-19(15-10-17(28-2)12-18(11-15)29-3)25-26-20(27)30-13-14-6-5-7-16(9-14)21(22,23)24/h4-7,9-12H,1,8,13H2,2-3H3. The quantitative estimate of drug-likeness (QED) is 0.347. The average molecular weight is 435 g/mol. The Morgan fingerprint density at radius 1 is 1.07 bits per heavy atom. The number of benzene rings is 2. The number of thioether (sulfide) groups is 1. The summed E-state index contributed by atoms with van der Waals surface area (Å²) in [7, 11) is 3.12. The van der Waals surface area contributed by atoms with E-state index >= 15 is 0 Å². The van der Waals surface area contributed by atoms with Crippen molar-refractivity contribution in [2.75, 3.05) is 14.2 Å². The van der Waals surface area contributed by atoms with Crippen LogP contribution < -0.4 is 9.47 Å². The molecule has 0 saturated carbocycles. The Labute approximate surface area is 176 Å². The third-order valence-electron chi connectivity index (χ3n) is 4.26. The van der Waals surface area contributed by atoms with Gasteiger partial charge in [0.2, 0.25) is 0 Å². The molecule has 3 aromatic rings. The van der Waals surface area contributed by atoms with Gasteiger partial charge in [0.05, 0.1) is 19.8 Å². The molecule has 0 atom stereocenters. The van der Waals surface area contributed by atoms with Crippen LogP contribution in [0.3, 0.4) is 0 Å². The van der Waals surface area contributed by atoms with Gasteiger partial charge in [0.25, 0.3) is 0 Å². The van der Waals surface area contributed by atoms with E-state index in [9.17, 15) is 13.2 Å².